The number of halogens is 2. The lowest BCUT2D eigenvalue weighted by Gasteiger charge is -2.34. The number of piperidine rings is 1. The minimum absolute atomic E-state index is 0.0800. The van der Waals surface area contributed by atoms with Gasteiger partial charge in [-0.1, -0.05) is 0 Å². The van der Waals surface area contributed by atoms with Gasteiger partial charge in [-0.3, -0.25) is 10.1 Å². The van der Waals surface area contributed by atoms with E-state index in [-0.39, 0.29) is 24.8 Å². The van der Waals surface area contributed by atoms with Gasteiger partial charge in [0.1, 0.15) is 0 Å². The Labute approximate surface area is 133 Å². The summed E-state index contributed by atoms with van der Waals surface area (Å²) in [6, 6.07) is 4.56. The zero-order valence-electron chi connectivity index (χ0n) is 12.8. The van der Waals surface area contributed by atoms with Gasteiger partial charge in [-0.25, -0.2) is 8.78 Å². The molecule has 0 amide bonds. The summed E-state index contributed by atoms with van der Waals surface area (Å²) in [6.07, 6.45) is 3.64. The maximum Gasteiger partial charge on any atom is 0.271 e. The van der Waals surface area contributed by atoms with Crippen LogP contribution in [0.15, 0.2) is 18.2 Å². The van der Waals surface area contributed by atoms with E-state index >= 15 is 0 Å². The third kappa shape index (κ3) is 3.96. The van der Waals surface area contributed by atoms with Gasteiger partial charge in [0.2, 0.25) is 0 Å². The van der Waals surface area contributed by atoms with E-state index in [0.29, 0.717) is 24.2 Å². The van der Waals surface area contributed by atoms with Crippen LogP contribution in [0.2, 0.25) is 0 Å². The van der Waals surface area contributed by atoms with E-state index < -0.39 is 17.4 Å². The number of nitro groups is 1. The summed E-state index contributed by atoms with van der Waals surface area (Å²) in [6.45, 7) is 0.375. The number of nitrogens with zero attached hydrogens (tertiary/aromatic N) is 2. The largest absolute Gasteiger partial charge is 0.374 e. The number of hydrogen-bond donors (Lipinski definition) is 0. The molecule has 0 radical (unpaired) electrons. The van der Waals surface area contributed by atoms with Crippen molar-refractivity contribution in [3.8, 4) is 0 Å². The van der Waals surface area contributed by atoms with Gasteiger partial charge in [0.05, 0.1) is 24.2 Å². The molecule has 2 fully saturated rings. The van der Waals surface area contributed by atoms with Gasteiger partial charge in [0.25, 0.3) is 11.6 Å². The van der Waals surface area contributed by atoms with Crippen molar-refractivity contribution in [3.05, 3.63) is 33.9 Å². The average molecular weight is 326 g/mol. The van der Waals surface area contributed by atoms with Crippen molar-refractivity contribution in [1.29, 1.82) is 0 Å². The van der Waals surface area contributed by atoms with Crippen LogP contribution in [0.1, 0.15) is 37.7 Å². The van der Waals surface area contributed by atoms with Crippen molar-refractivity contribution in [2.75, 3.05) is 18.0 Å². The molecule has 1 heterocycles. The molecule has 2 aliphatic rings. The fraction of sp³-hybridized carbons (Fsp3) is 0.625. The van der Waals surface area contributed by atoms with Gasteiger partial charge in [0, 0.05) is 30.8 Å². The molecule has 0 spiro atoms. The molecule has 0 aromatic heterocycles. The molecular weight excluding hydrogens is 306 g/mol. The molecule has 126 valence electrons. The molecule has 1 aromatic carbocycles. The molecule has 7 heteroatoms. The number of rotatable bonds is 5. The van der Waals surface area contributed by atoms with Crippen molar-refractivity contribution in [2.24, 2.45) is 0 Å². The molecule has 1 aliphatic carbocycles. The zero-order chi connectivity index (χ0) is 16.4. The Morgan fingerprint density at radius 3 is 2.70 bits per heavy atom. The summed E-state index contributed by atoms with van der Waals surface area (Å²) in [5.74, 6) is -2.74. The van der Waals surface area contributed by atoms with Crippen LogP contribution in [0, 0.1) is 10.1 Å². The van der Waals surface area contributed by atoms with E-state index in [1.165, 1.54) is 17.0 Å². The number of anilines is 1. The second-order valence-corrected chi connectivity index (χ2v) is 6.36. The van der Waals surface area contributed by atoms with Crippen LogP contribution in [-0.2, 0) is 11.3 Å². The fourth-order valence-electron chi connectivity index (χ4n) is 2.97. The van der Waals surface area contributed by atoms with Crippen LogP contribution in [0.3, 0.4) is 0 Å². The molecular formula is C16H20F2N2O3. The van der Waals surface area contributed by atoms with Gasteiger partial charge in [-0.15, -0.1) is 0 Å². The minimum atomic E-state index is -2.74. The lowest BCUT2D eigenvalue weighted by atomic mass is 9.96. The number of nitro benzene ring substituents is 1. The van der Waals surface area contributed by atoms with Gasteiger partial charge >= 0.3 is 0 Å². The number of benzene rings is 1. The molecule has 1 saturated heterocycles. The molecule has 1 aliphatic heterocycles. The van der Waals surface area contributed by atoms with E-state index in [4.69, 9.17) is 4.74 Å². The minimum Gasteiger partial charge on any atom is -0.374 e. The first-order chi connectivity index (χ1) is 10.9. The first-order valence-electron chi connectivity index (χ1n) is 7.96. The Morgan fingerprint density at radius 1 is 1.30 bits per heavy atom. The van der Waals surface area contributed by atoms with Crippen LogP contribution in [-0.4, -0.2) is 30.0 Å². The van der Waals surface area contributed by atoms with E-state index in [1.54, 1.807) is 6.07 Å². The predicted octanol–water partition coefficient (Wildman–Crippen LogP) is 3.90. The molecule has 23 heavy (non-hydrogen) atoms. The van der Waals surface area contributed by atoms with Crippen LogP contribution < -0.4 is 4.90 Å². The highest BCUT2D eigenvalue weighted by atomic mass is 19.3. The average Bonchev–Trinajstić information content (AvgIpc) is 2.44. The van der Waals surface area contributed by atoms with Crippen molar-refractivity contribution in [1.82, 2.24) is 0 Å². The third-order valence-electron chi connectivity index (χ3n) is 4.47. The summed E-state index contributed by atoms with van der Waals surface area (Å²) in [5.41, 5.74) is 1.06. The smallest absolute Gasteiger partial charge is 0.271 e. The maximum atomic E-state index is 13.6. The lowest BCUT2D eigenvalue weighted by Crippen LogP contribution is -2.42. The highest BCUT2D eigenvalue weighted by Gasteiger charge is 2.35. The topological polar surface area (TPSA) is 55.6 Å². The quantitative estimate of drug-likeness (QED) is 0.608. The van der Waals surface area contributed by atoms with Gasteiger partial charge in [-0.2, -0.15) is 0 Å². The second kappa shape index (κ2) is 6.39. The Morgan fingerprint density at radius 2 is 2.09 bits per heavy atom. The Hall–Kier alpha value is -1.76. The standard InChI is InChI=1S/C16H20F2N2O3/c17-16(18)5-2-6-19(11-16)13-7-12(8-14(9-13)20(21)22)10-23-15-3-1-4-15/h7-9,15H,1-6,10-11H2. The van der Waals surface area contributed by atoms with Crippen LogP contribution in [0.5, 0.6) is 0 Å². The van der Waals surface area contributed by atoms with Crippen LogP contribution >= 0.6 is 0 Å². The number of hydrogen-bond acceptors (Lipinski definition) is 4. The monoisotopic (exact) mass is 326 g/mol. The Kier molecular flexibility index (Phi) is 4.48. The lowest BCUT2D eigenvalue weighted by molar-refractivity contribution is -0.384. The molecule has 0 atom stereocenters. The van der Waals surface area contributed by atoms with Gasteiger partial charge in [0.15, 0.2) is 0 Å². The summed E-state index contributed by atoms with van der Waals surface area (Å²) >= 11 is 0. The molecule has 1 aromatic rings. The normalized spacial score (nSPS) is 21.0. The number of alkyl halides is 2. The Bertz CT molecular complexity index is 591. The Balaban J connectivity index is 1.79. The fourth-order valence-corrected chi connectivity index (χ4v) is 2.97. The first-order valence-corrected chi connectivity index (χ1v) is 7.96. The van der Waals surface area contributed by atoms with E-state index in [2.05, 4.69) is 0 Å². The molecule has 1 saturated carbocycles. The van der Waals surface area contributed by atoms with E-state index in [0.717, 1.165) is 19.3 Å². The van der Waals surface area contributed by atoms with Crippen LogP contribution in [0.25, 0.3) is 0 Å². The predicted molar refractivity (Wildman–Crippen MR) is 81.9 cm³/mol. The number of ether oxygens (including phenoxy) is 1. The third-order valence-corrected chi connectivity index (χ3v) is 4.47. The van der Waals surface area contributed by atoms with E-state index in [9.17, 15) is 18.9 Å². The summed E-state index contributed by atoms with van der Waals surface area (Å²) < 4.78 is 32.9. The molecule has 3 rings (SSSR count). The van der Waals surface area contributed by atoms with Crippen molar-refractivity contribution < 1.29 is 18.4 Å². The van der Waals surface area contributed by atoms with Crippen molar-refractivity contribution in [2.45, 2.75) is 50.7 Å². The highest BCUT2D eigenvalue weighted by molar-refractivity contribution is 5.56. The second-order valence-electron chi connectivity index (χ2n) is 6.36. The SMILES string of the molecule is O=[N+]([O-])c1cc(COC2CCC2)cc(N2CCCC(F)(F)C2)c1. The van der Waals surface area contributed by atoms with Crippen molar-refractivity contribution >= 4 is 11.4 Å². The molecule has 5 nitrogen and oxygen atoms in total. The molecule has 0 bridgehead atoms. The van der Waals surface area contributed by atoms with Gasteiger partial charge < -0.3 is 9.64 Å². The van der Waals surface area contributed by atoms with Crippen molar-refractivity contribution in [3.63, 3.8) is 0 Å². The number of non-ortho nitro benzene ring substituents is 1. The summed E-state index contributed by atoms with van der Waals surface area (Å²) in [5, 5.41) is 11.1. The summed E-state index contributed by atoms with van der Waals surface area (Å²) in [4.78, 5) is 12.2. The molecule has 0 N–H and O–H groups in total. The zero-order valence-corrected chi connectivity index (χ0v) is 12.8. The van der Waals surface area contributed by atoms with Crippen LogP contribution in [0.4, 0.5) is 20.2 Å². The first kappa shape index (κ1) is 16.1. The van der Waals surface area contributed by atoms with E-state index in [1.807, 2.05) is 0 Å². The molecule has 0 unspecified atom stereocenters. The van der Waals surface area contributed by atoms with Gasteiger partial charge in [-0.05, 0) is 37.3 Å². The maximum absolute atomic E-state index is 13.6. The highest BCUT2D eigenvalue weighted by Crippen LogP contribution is 2.33. The summed E-state index contributed by atoms with van der Waals surface area (Å²) in [7, 11) is 0.